The fourth-order valence-corrected chi connectivity index (χ4v) is 3.87. The van der Waals surface area contributed by atoms with E-state index in [4.69, 9.17) is 0 Å². The number of amides is 1. The molecule has 0 spiro atoms. The molecule has 0 saturated heterocycles. The van der Waals surface area contributed by atoms with Crippen molar-refractivity contribution in [2.75, 3.05) is 5.32 Å². The second-order valence-corrected chi connectivity index (χ2v) is 6.54. The zero-order chi connectivity index (χ0) is 17.3. The van der Waals surface area contributed by atoms with Crippen LogP contribution in [0.5, 0.6) is 0 Å². The number of rotatable bonds is 5. The minimum absolute atomic E-state index is 0.0715. The van der Waals surface area contributed by atoms with Gasteiger partial charge in [0.05, 0.1) is 0 Å². The van der Waals surface area contributed by atoms with E-state index >= 15 is 0 Å². The molecule has 3 aromatic rings. The van der Waals surface area contributed by atoms with Gasteiger partial charge in [-0.3, -0.25) is 4.79 Å². The minimum atomic E-state index is -0.619. The number of hydrogen-bond donors (Lipinski definition) is 1. The lowest BCUT2D eigenvalue weighted by Gasteiger charge is -2.28. The Labute approximate surface area is 147 Å². The van der Waals surface area contributed by atoms with Gasteiger partial charge >= 0.3 is 0 Å². The highest BCUT2D eigenvalue weighted by Crippen LogP contribution is 2.45. The molecule has 1 aliphatic heterocycles. The van der Waals surface area contributed by atoms with Gasteiger partial charge in [0, 0.05) is 24.6 Å². The van der Waals surface area contributed by atoms with Crippen molar-refractivity contribution in [1.82, 2.24) is 9.55 Å². The van der Waals surface area contributed by atoms with Crippen LogP contribution in [-0.4, -0.2) is 15.5 Å². The van der Waals surface area contributed by atoms with Crippen LogP contribution in [0.2, 0.25) is 0 Å². The van der Waals surface area contributed by atoms with E-state index in [9.17, 15) is 4.79 Å². The molecule has 1 atom stereocenters. The number of carbonyl (C=O) groups excluding carboxylic acids is 1. The molecule has 126 valence electrons. The van der Waals surface area contributed by atoms with Crippen LogP contribution in [0.15, 0.2) is 67.0 Å². The Kier molecular flexibility index (Phi) is 3.88. The molecule has 1 amide bonds. The minimum Gasteiger partial charge on any atom is -0.335 e. The molecule has 1 N–H and O–H groups in total. The number of anilines is 1. The Hall–Kier alpha value is -2.88. The van der Waals surface area contributed by atoms with Crippen LogP contribution in [0, 0.1) is 6.92 Å². The number of para-hydroxylation sites is 1. The van der Waals surface area contributed by atoms with E-state index in [1.54, 1.807) is 0 Å². The highest BCUT2D eigenvalue weighted by atomic mass is 16.2. The molecule has 2 aromatic carbocycles. The lowest BCUT2D eigenvalue weighted by Crippen LogP contribution is -2.36. The van der Waals surface area contributed by atoms with Crippen molar-refractivity contribution in [2.45, 2.75) is 31.7 Å². The lowest BCUT2D eigenvalue weighted by molar-refractivity contribution is -0.119. The van der Waals surface area contributed by atoms with Gasteiger partial charge in [-0.05, 0) is 37.0 Å². The summed E-state index contributed by atoms with van der Waals surface area (Å²) in [5.74, 6) is 1.08. The predicted octanol–water partition coefficient (Wildman–Crippen LogP) is 3.91. The molecular weight excluding hydrogens is 310 g/mol. The summed E-state index contributed by atoms with van der Waals surface area (Å²) in [6.45, 7) is 2.86. The van der Waals surface area contributed by atoms with E-state index in [1.165, 1.54) is 0 Å². The number of hydrogen-bond acceptors (Lipinski definition) is 2. The Morgan fingerprint density at radius 1 is 1.08 bits per heavy atom. The maximum absolute atomic E-state index is 13.1. The van der Waals surface area contributed by atoms with Crippen LogP contribution >= 0.6 is 0 Å². The van der Waals surface area contributed by atoms with Crippen LogP contribution in [-0.2, 0) is 16.8 Å². The van der Waals surface area contributed by atoms with Crippen molar-refractivity contribution in [2.24, 2.45) is 0 Å². The molecule has 0 fully saturated rings. The van der Waals surface area contributed by atoms with E-state index in [1.807, 2.05) is 55.7 Å². The van der Waals surface area contributed by atoms with Gasteiger partial charge in [-0.15, -0.1) is 0 Å². The van der Waals surface area contributed by atoms with Gasteiger partial charge in [0.15, 0.2) is 0 Å². The summed E-state index contributed by atoms with van der Waals surface area (Å²) >= 11 is 0. The molecular formula is C21H21N3O. The van der Waals surface area contributed by atoms with Crippen LogP contribution in [0.1, 0.15) is 29.8 Å². The van der Waals surface area contributed by atoms with Gasteiger partial charge in [-0.2, -0.15) is 0 Å². The zero-order valence-corrected chi connectivity index (χ0v) is 14.3. The summed E-state index contributed by atoms with van der Waals surface area (Å²) in [6, 6.07) is 18.2. The molecule has 2 heterocycles. The summed E-state index contributed by atoms with van der Waals surface area (Å²) in [5.41, 5.74) is 2.44. The van der Waals surface area contributed by atoms with Crippen molar-refractivity contribution in [1.29, 1.82) is 0 Å². The van der Waals surface area contributed by atoms with Crippen LogP contribution < -0.4 is 5.32 Å². The summed E-state index contributed by atoms with van der Waals surface area (Å²) in [6.07, 6.45) is 5.47. The third-order valence-corrected chi connectivity index (χ3v) is 5.16. The summed E-state index contributed by atoms with van der Waals surface area (Å²) in [4.78, 5) is 17.4. The van der Waals surface area contributed by atoms with Gasteiger partial charge in [-0.25, -0.2) is 4.98 Å². The second-order valence-electron chi connectivity index (χ2n) is 6.54. The quantitative estimate of drug-likeness (QED) is 0.770. The van der Waals surface area contributed by atoms with Gasteiger partial charge in [0.25, 0.3) is 0 Å². The van der Waals surface area contributed by atoms with E-state index < -0.39 is 5.41 Å². The van der Waals surface area contributed by atoms with E-state index in [0.29, 0.717) is 0 Å². The van der Waals surface area contributed by atoms with Gasteiger partial charge in [0.1, 0.15) is 11.2 Å². The number of aromatic nitrogens is 2. The molecule has 0 saturated carbocycles. The number of carbonyl (C=O) groups is 1. The number of aryl methyl sites for hydroxylation is 2. The average molecular weight is 331 g/mol. The first kappa shape index (κ1) is 15.6. The standard InChI is InChI=1S/C21H21N3O/c1-16-22-13-15-24(16)14-7-12-21(17-8-3-2-4-9-17)18-10-5-6-11-19(18)23-20(21)25/h2-6,8-11,13,15H,7,12,14H2,1H3,(H,23,25). The van der Waals surface area contributed by atoms with Crippen molar-refractivity contribution in [3.05, 3.63) is 83.9 Å². The van der Waals surface area contributed by atoms with Crippen molar-refractivity contribution >= 4 is 11.6 Å². The van der Waals surface area contributed by atoms with Crippen molar-refractivity contribution < 1.29 is 4.79 Å². The molecule has 0 bridgehead atoms. The van der Waals surface area contributed by atoms with Crippen molar-refractivity contribution in [3.63, 3.8) is 0 Å². The SMILES string of the molecule is Cc1nccn1CCCC1(c2ccccc2)C(=O)Nc2ccccc21. The molecule has 1 aliphatic rings. The maximum Gasteiger partial charge on any atom is 0.239 e. The lowest BCUT2D eigenvalue weighted by atomic mass is 9.72. The third-order valence-electron chi connectivity index (χ3n) is 5.16. The van der Waals surface area contributed by atoms with E-state index in [-0.39, 0.29) is 5.91 Å². The monoisotopic (exact) mass is 331 g/mol. The van der Waals surface area contributed by atoms with Gasteiger partial charge < -0.3 is 9.88 Å². The predicted molar refractivity (Wildman–Crippen MR) is 98.5 cm³/mol. The van der Waals surface area contributed by atoms with Gasteiger partial charge in [-0.1, -0.05) is 48.5 Å². The highest BCUT2D eigenvalue weighted by molar-refractivity contribution is 6.08. The number of nitrogens with one attached hydrogen (secondary N) is 1. The third kappa shape index (κ3) is 2.54. The first-order valence-electron chi connectivity index (χ1n) is 8.66. The van der Waals surface area contributed by atoms with Crippen LogP contribution in [0.25, 0.3) is 0 Å². The molecule has 1 aromatic heterocycles. The smallest absolute Gasteiger partial charge is 0.239 e. The number of imidazole rings is 1. The largest absolute Gasteiger partial charge is 0.335 e. The van der Waals surface area contributed by atoms with E-state index in [2.05, 4.69) is 33.1 Å². The van der Waals surface area contributed by atoms with Crippen LogP contribution in [0.3, 0.4) is 0 Å². The van der Waals surface area contributed by atoms with Crippen molar-refractivity contribution in [3.8, 4) is 0 Å². The Morgan fingerprint density at radius 2 is 1.84 bits per heavy atom. The molecule has 4 nitrogen and oxygen atoms in total. The Morgan fingerprint density at radius 3 is 2.60 bits per heavy atom. The fourth-order valence-electron chi connectivity index (χ4n) is 3.87. The van der Waals surface area contributed by atoms with Gasteiger partial charge in [0.2, 0.25) is 5.91 Å². The molecule has 0 aliphatic carbocycles. The first-order chi connectivity index (χ1) is 12.2. The fraction of sp³-hybridized carbons (Fsp3) is 0.238. The summed E-state index contributed by atoms with van der Waals surface area (Å²) in [5, 5.41) is 3.08. The van der Waals surface area contributed by atoms with Crippen LogP contribution in [0.4, 0.5) is 5.69 Å². The number of fused-ring (bicyclic) bond motifs is 1. The Bertz CT molecular complexity index is 900. The molecule has 4 heteroatoms. The first-order valence-corrected chi connectivity index (χ1v) is 8.66. The average Bonchev–Trinajstić information content (AvgIpc) is 3.17. The Balaban J connectivity index is 1.71. The van der Waals surface area contributed by atoms with E-state index in [0.717, 1.165) is 42.0 Å². The normalized spacial score (nSPS) is 18.8. The summed E-state index contributed by atoms with van der Waals surface area (Å²) in [7, 11) is 0. The number of benzene rings is 2. The second kappa shape index (κ2) is 6.20. The molecule has 4 rings (SSSR count). The topological polar surface area (TPSA) is 46.9 Å². The molecule has 0 radical (unpaired) electrons. The zero-order valence-electron chi connectivity index (χ0n) is 14.3. The summed E-state index contributed by atoms with van der Waals surface area (Å²) < 4.78 is 2.14. The highest BCUT2D eigenvalue weighted by Gasteiger charge is 2.47. The number of nitrogens with zero attached hydrogens (tertiary/aromatic N) is 2. The molecule has 25 heavy (non-hydrogen) atoms. The molecule has 1 unspecified atom stereocenters. The maximum atomic E-state index is 13.1.